The van der Waals surface area contributed by atoms with E-state index < -0.39 is 0 Å². The van der Waals surface area contributed by atoms with Crippen molar-refractivity contribution in [1.82, 2.24) is 0 Å². The monoisotopic (exact) mass is 324 g/mol. The highest BCUT2D eigenvalue weighted by molar-refractivity contribution is 6.62. The summed E-state index contributed by atoms with van der Waals surface area (Å²) in [5, 5.41) is 0. The van der Waals surface area contributed by atoms with Crippen LogP contribution in [0, 0.1) is 6.92 Å². The standard InChI is InChI=1S/C20H25BO3/c1-14-7-9-15(10-8-14)17-12-11-16(13-18(17)22-6)21-23-19(2,3)20(4,5)24-21/h7-13H,1-6H3. The van der Waals surface area contributed by atoms with Crippen molar-refractivity contribution >= 4 is 12.6 Å². The Morgan fingerprint density at radius 1 is 0.875 bits per heavy atom. The van der Waals surface area contributed by atoms with Gasteiger partial charge in [-0.2, -0.15) is 0 Å². The molecule has 3 nitrogen and oxygen atoms in total. The third-order valence-electron chi connectivity index (χ3n) is 5.11. The number of aryl methyl sites for hydroxylation is 1. The molecule has 0 bridgehead atoms. The van der Waals surface area contributed by atoms with Crippen molar-refractivity contribution in [2.45, 2.75) is 45.8 Å². The zero-order valence-electron chi connectivity index (χ0n) is 15.3. The molecule has 0 unspecified atom stereocenters. The first-order valence-corrected chi connectivity index (χ1v) is 8.34. The highest BCUT2D eigenvalue weighted by atomic mass is 16.7. The number of methoxy groups -OCH3 is 1. The minimum atomic E-state index is -0.379. The number of ether oxygens (including phenoxy) is 1. The molecule has 0 spiro atoms. The zero-order chi connectivity index (χ0) is 17.5. The fraction of sp³-hybridized carbons (Fsp3) is 0.400. The molecule has 0 aliphatic carbocycles. The van der Waals surface area contributed by atoms with Crippen LogP contribution < -0.4 is 10.2 Å². The van der Waals surface area contributed by atoms with Crippen LogP contribution in [0.3, 0.4) is 0 Å². The van der Waals surface area contributed by atoms with Crippen LogP contribution in [-0.4, -0.2) is 25.4 Å². The summed E-state index contributed by atoms with van der Waals surface area (Å²) < 4.78 is 17.9. The van der Waals surface area contributed by atoms with E-state index in [0.29, 0.717) is 0 Å². The predicted molar refractivity (Wildman–Crippen MR) is 98.9 cm³/mol. The van der Waals surface area contributed by atoms with Crippen molar-refractivity contribution in [1.29, 1.82) is 0 Å². The van der Waals surface area contributed by atoms with Gasteiger partial charge in [0.1, 0.15) is 5.75 Å². The molecular formula is C20H25BO3. The smallest absolute Gasteiger partial charge is 0.494 e. The lowest BCUT2D eigenvalue weighted by Gasteiger charge is -2.32. The van der Waals surface area contributed by atoms with Gasteiger partial charge in [0, 0.05) is 5.56 Å². The van der Waals surface area contributed by atoms with E-state index in [9.17, 15) is 0 Å². The lowest BCUT2D eigenvalue weighted by molar-refractivity contribution is 0.00578. The van der Waals surface area contributed by atoms with E-state index in [2.05, 4.69) is 71.0 Å². The third kappa shape index (κ3) is 2.96. The van der Waals surface area contributed by atoms with E-state index in [1.807, 2.05) is 6.07 Å². The topological polar surface area (TPSA) is 27.7 Å². The average Bonchev–Trinajstić information content (AvgIpc) is 2.76. The van der Waals surface area contributed by atoms with E-state index in [-0.39, 0.29) is 18.3 Å². The number of hydrogen-bond donors (Lipinski definition) is 0. The van der Waals surface area contributed by atoms with Gasteiger partial charge in [0.05, 0.1) is 18.3 Å². The predicted octanol–water partition coefficient (Wildman–Crippen LogP) is 3.97. The van der Waals surface area contributed by atoms with E-state index in [1.165, 1.54) is 5.56 Å². The molecule has 0 atom stereocenters. The molecule has 3 rings (SSSR count). The largest absolute Gasteiger partial charge is 0.496 e. The molecule has 1 aliphatic heterocycles. The fourth-order valence-corrected chi connectivity index (χ4v) is 2.81. The van der Waals surface area contributed by atoms with Crippen LogP contribution in [0.4, 0.5) is 0 Å². The molecule has 126 valence electrons. The maximum absolute atomic E-state index is 6.13. The molecule has 24 heavy (non-hydrogen) atoms. The van der Waals surface area contributed by atoms with Gasteiger partial charge in [0.25, 0.3) is 0 Å². The Bertz CT molecular complexity index is 719. The maximum Gasteiger partial charge on any atom is 0.494 e. The van der Waals surface area contributed by atoms with E-state index in [4.69, 9.17) is 14.0 Å². The Hall–Kier alpha value is -1.78. The van der Waals surface area contributed by atoms with Crippen LogP contribution in [0.25, 0.3) is 11.1 Å². The molecule has 0 radical (unpaired) electrons. The number of rotatable bonds is 3. The lowest BCUT2D eigenvalue weighted by Crippen LogP contribution is -2.41. The first kappa shape index (κ1) is 17.1. The Morgan fingerprint density at radius 2 is 1.46 bits per heavy atom. The van der Waals surface area contributed by atoms with Gasteiger partial charge in [-0.3, -0.25) is 0 Å². The van der Waals surface area contributed by atoms with Crippen molar-refractivity contribution in [3.8, 4) is 16.9 Å². The average molecular weight is 324 g/mol. The van der Waals surface area contributed by atoms with Gasteiger partial charge in [-0.05, 0) is 51.7 Å². The number of benzene rings is 2. The summed E-state index contributed by atoms with van der Waals surface area (Å²) in [5.41, 5.74) is 3.73. The lowest BCUT2D eigenvalue weighted by atomic mass is 9.78. The van der Waals surface area contributed by atoms with Crippen LogP contribution in [0.15, 0.2) is 42.5 Å². The van der Waals surface area contributed by atoms with Crippen molar-refractivity contribution in [3.05, 3.63) is 48.0 Å². The van der Waals surface area contributed by atoms with Crippen LogP contribution >= 0.6 is 0 Å². The minimum absolute atomic E-state index is 0.347. The summed E-state index contributed by atoms with van der Waals surface area (Å²) in [4.78, 5) is 0. The summed E-state index contributed by atoms with van der Waals surface area (Å²) >= 11 is 0. The van der Waals surface area contributed by atoms with Gasteiger partial charge in [-0.1, -0.05) is 42.0 Å². The number of hydrogen-bond acceptors (Lipinski definition) is 3. The van der Waals surface area contributed by atoms with E-state index >= 15 is 0 Å². The highest BCUT2D eigenvalue weighted by Crippen LogP contribution is 2.37. The van der Waals surface area contributed by atoms with Gasteiger partial charge in [0.15, 0.2) is 0 Å². The van der Waals surface area contributed by atoms with Crippen LogP contribution in [0.5, 0.6) is 5.75 Å². The maximum atomic E-state index is 6.13. The Balaban J connectivity index is 1.94. The van der Waals surface area contributed by atoms with Crippen LogP contribution in [-0.2, 0) is 9.31 Å². The summed E-state index contributed by atoms with van der Waals surface area (Å²) in [5.74, 6) is 0.825. The summed E-state index contributed by atoms with van der Waals surface area (Å²) in [7, 11) is 1.32. The van der Waals surface area contributed by atoms with Gasteiger partial charge in [-0.15, -0.1) is 0 Å². The minimum Gasteiger partial charge on any atom is -0.496 e. The van der Waals surface area contributed by atoms with Crippen molar-refractivity contribution in [2.75, 3.05) is 7.11 Å². The Morgan fingerprint density at radius 3 is 2.00 bits per heavy atom. The molecular weight excluding hydrogens is 299 g/mol. The second-order valence-electron chi connectivity index (χ2n) is 7.41. The normalized spacial score (nSPS) is 18.7. The van der Waals surface area contributed by atoms with Crippen molar-refractivity contribution in [3.63, 3.8) is 0 Å². The molecule has 0 aromatic heterocycles. The SMILES string of the molecule is COc1cc(B2OC(C)(C)C(C)(C)O2)ccc1-c1ccc(C)cc1. The first-order chi connectivity index (χ1) is 11.2. The third-order valence-corrected chi connectivity index (χ3v) is 5.11. The molecule has 1 saturated heterocycles. The summed E-state index contributed by atoms with van der Waals surface area (Å²) in [6.45, 7) is 10.3. The molecule has 0 N–H and O–H groups in total. The van der Waals surface area contributed by atoms with Gasteiger partial charge >= 0.3 is 7.12 Å². The molecule has 2 aromatic rings. The molecule has 0 saturated carbocycles. The van der Waals surface area contributed by atoms with Crippen molar-refractivity contribution < 1.29 is 14.0 Å². The first-order valence-electron chi connectivity index (χ1n) is 8.34. The summed E-state index contributed by atoms with van der Waals surface area (Å²) in [6, 6.07) is 14.6. The fourth-order valence-electron chi connectivity index (χ4n) is 2.81. The Kier molecular flexibility index (Phi) is 4.22. The molecule has 0 amide bonds. The molecule has 1 heterocycles. The molecule has 4 heteroatoms. The second-order valence-corrected chi connectivity index (χ2v) is 7.41. The molecule has 1 aliphatic rings. The quantitative estimate of drug-likeness (QED) is 0.800. The van der Waals surface area contributed by atoms with Crippen molar-refractivity contribution in [2.24, 2.45) is 0 Å². The van der Waals surface area contributed by atoms with E-state index in [0.717, 1.165) is 22.3 Å². The molecule has 2 aromatic carbocycles. The van der Waals surface area contributed by atoms with Gasteiger partial charge < -0.3 is 14.0 Å². The van der Waals surface area contributed by atoms with Gasteiger partial charge in [-0.25, -0.2) is 0 Å². The van der Waals surface area contributed by atoms with Crippen LogP contribution in [0.1, 0.15) is 33.3 Å². The van der Waals surface area contributed by atoms with Gasteiger partial charge in [0.2, 0.25) is 0 Å². The second kappa shape index (κ2) is 5.94. The van der Waals surface area contributed by atoms with Crippen LogP contribution in [0.2, 0.25) is 0 Å². The van der Waals surface area contributed by atoms with E-state index in [1.54, 1.807) is 7.11 Å². The Labute approximate surface area is 145 Å². The molecule has 1 fully saturated rings. The summed E-state index contributed by atoms with van der Waals surface area (Å²) in [6.07, 6.45) is 0. The highest BCUT2D eigenvalue weighted by Gasteiger charge is 2.51. The zero-order valence-corrected chi connectivity index (χ0v) is 15.3.